The zero-order chi connectivity index (χ0) is 46.0. The van der Waals surface area contributed by atoms with Crippen LogP contribution in [0.2, 0.25) is 0 Å². The topological polar surface area (TPSA) is 49.4 Å². The third-order valence-corrected chi connectivity index (χ3v) is 12.9. The molecule has 8 aliphatic rings. The van der Waals surface area contributed by atoms with E-state index in [-0.39, 0.29) is 24.4 Å². The molecule has 8 nitrogen and oxygen atoms in total. The number of ether oxygens (including phenoxy) is 4. The van der Waals surface area contributed by atoms with Gasteiger partial charge in [0.25, 0.3) is 0 Å². The molecule has 0 aromatic heterocycles. The van der Waals surface area contributed by atoms with Gasteiger partial charge in [-0.05, 0) is 130 Å². The van der Waals surface area contributed by atoms with E-state index in [4.69, 9.17) is 18.9 Å². The standard InChI is InChI=1S/2C20H35N2O2.2F6P/c2*1-20(2)23-18-13-21(16-9-5-3-6-10-16)15-22(14-19(18)24-20)17-11-7-4-8-12-17;2*1-7(2,3,4,5)6/h2*15-19H,3-14H2,1-2H3;;/q2*+1;2*-1/t2*18-,19-;;/m00../s1. The first-order chi connectivity index (χ1) is 28.1. The van der Waals surface area contributed by atoms with Crippen LogP contribution in [0.25, 0.3) is 0 Å². The van der Waals surface area contributed by atoms with Crippen molar-refractivity contribution in [3.05, 3.63) is 0 Å². The molecule has 4 saturated carbocycles. The van der Waals surface area contributed by atoms with Gasteiger partial charge in [0.2, 0.25) is 12.7 Å². The van der Waals surface area contributed by atoms with Gasteiger partial charge in [-0.3, -0.25) is 19.0 Å². The number of fused-ring (bicyclic) bond motifs is 2. The Morgan fingerprint density at radius 3 is 0.919 bits per heavy atom. The summed E-state index contributed by atoms with van der Waals surface area (Å²) in [6.07, 6.45) is 33.3. The minimum absolute atomic E-state index is 0.215. The van der Waals surface area contributed by atoms with Crippen LogP contribution in [-0.2, 0) is 18.9 Å². The van der Waals surface area contributed by atoms with Crippen LogP contribution in [0.4, 0.5) is 50.4 Å². The number of rotatable bonds is 4. The molecule has 0 radical (unpaired) electrons. The second-order valence-corrected chi connectivity index (χ2v) is 23.4. The van der Waals surface area contributed by atoms with Crippen LogP contribution in [-0.4, -0.2) is 118 Å². The van der Waals surface area contributed by atoms with E-state index in [0.29, 0.717) is 24.2 Å². The van der Waals surface area contributed by atoms with E-state index in [1.807, 2.05) is 0 Å². The quantitative estimate of drug-likeness (QED) is 0.159. The van der Waals surface area contributed by atoms with E-state index < -0.39 is 27.2 Å². The molecule has 0 unspecified atom stereocenters. The van der Waals surface area contributed by atoms with Crippen LogP contribution in [0, 0.1) is 0 Å². The van der Waals surface area contributed by atoms with Crippen molar-refractivity contribution in [3.63, 3.8) is 0 Å². The Labute approximate surface area is 358 Å². The molecule has 4 aliphatic carbocycles. The molecule has 0 amide bonds. The van der Waals surface area contributed by atoms with Gasteiger partial charge in [-0.25, -0.2) is 0 Å². The maximum absolute atomic E-state index is 10.7. The fourth-order valence-corrected chi connectivity index (χ4v) is 10.5. The summed E-state index contributed by atoms with van der Waals surface area (Å²) in [5.74, 6) is -0.855. The molecule has 0 N–H and O–H groups in total. The van der Waals surface area contributed by atoms with Gasteiger partial charge >= 0.3 is 66.0 Å². The summed E-state index contributed by atoms with van der Waals surface area (Å²) in [5.41, 5.74) is 0. The first-order valence-electron chi connectivity index (χ1n) is 22.7. The first kappa shape index (κ1) is 51.8. The molecule has 0 aromatic rings. The summed E-state index contributed by atoms with van der Waals surface area (Å²) in [6, 6.07) is 2.82. The molecule has 62 heavy (non-hydrogen) atoms. The van der Waals surface area contributed by atoms with Crippen LogP contribution in [0.15, 0.2) is 0 Å². The van der Waals surface area contributed by atoms with Crippen molar-refractivity contribution in [2.45, 2.75) is 216 Å². The first-order valence-corrected chi connectivity index (χ1v) is 26.7. The summed E-state index contributed by atoms with van der Waals surface area (Å²) in [7, 11) is -21.3. The summed E-state index contributed by atoms with van der Waals surface area (Å²) < 4.78 is 149. The molecule has 0 aromatic carbocycles. The van der Waals surface area contributed by atoms with E-state index >= 15 is 0 Å². The molecule has 0 spiro atoms. The van der Waals surface area contributed by atoms with Crippen molar-refractivity contribution >= 4 is 28.3 Å². The van der Waals surface area contributed by atoms with E-state index in [2.05, 4.69) is 59.3 Å². The van der Waals surface area contributed by atoms with Crippen molar-refractivity contribution < 1.29 is 78.5 Å². The normalized spacial score (nSPS) is 32.6. The van der Waals surface area contributed by atoms with E-state index in [1.54, 1.807) is 0 Å². The number of hydrogen-bond acceptors (Lipinski definition) is 6. The van der Waals surface area contributed by atoms with Crippen LogP contribution >= 0.6 is 15.6 Å². The van der Waals surface area contributed by atoms with Crippen molar-refractivity contribution in [2.75, 3.05) is 26.2 Å². The van der Waals surface area contributed by atoms with Gasteiger partial charge in [0.05, 0.1) is 24.2 Å². The second-order valence-electron chi connectivity index (χ2n) is 19.5. The molecule has 4 aliphatic heterocycles. The average molecular weight is 961 g/mol. The van der Waals surface area contributed by atoms with E-state index in [0.717, 1.165) is 26.2 Å². The zero-order valence-corrected chi connectivity index (χ0v) is 38.4. The average Bonchev–Trinajstić information content (AvgIpc) is 3.43. The van der Waals surface area contributed by atoms with Gasteiger partial charge in [0, 0.05) is 0 Å². The zero-order valence-electron chi connectivity index (χ0n) is 36.6. The summed E-state index contributed by atoms with van der Waals surface area (Å²) in [4.78, 5) is 5.26. The second kappa shape index (κ2) is 18.1. The fraction of sp³-hybridized carbons (Fsp3) is 0.950. The van der Waals surface area contributed by atoms with Crippen LogP contribution in [0.1, 0.15) is 156 Å². The minimum atomic E-state index is -10.7. The summed E-state index contributed by atoms with van der Waals surface area (Å²) >= 11 is 0. The van der Waals surface area contributed by atoms with Crippen molar-refractivity contribution in [1.82, 2.24) is 9.80 Å². The predicted molar refractivity (Wildman–Crippen MR) is 218 cm³/mol. The monoisotopic (exact) mass is 960 g/mol. The molecule has 8 rings (SSSR count). The molecule has 4 atom stereocenters. The van der Waals surface area contributed by atoms with E-state index in [1.165, 1.54) is 128 Å². The van der Waals surface area contributed by atoms with Crippen molar-refractivity contribution in [1.29, 1.82) is 0 Å². The molecule has 2 saturated heterocycles. The van der Waals surface area contributed by atoms with Crippen LogP contribution < -0.4 is 0 Å². The SMILES string of the molecule is CC1(C)O[C@H]2CN(C3CCCCC3)C=[N+](C3CCCCC3)C[C@@H]2O1.CC1(C)O[C@H]2CN(C3CCCCC3)C=[N+](C3CCCCC3)C[C@@H]2O1.F[P-](F)(F)(F)(F)F.F[P-](F)(F)(F)(F)F. The molecule has 0 bridgehead atoms. The van der Waals surface area contributed by atoms with Gasteiger partial charge in [0.1, 0.15) is 50.6 Å². The Hall–Kier alpha value is -1.20. The Morgan fingerprint density at radius 2 is 0.645 bits per heavy atom. The Balaban J connectivity index is 0.000000180. The molecule has 368 valence electrons. The molecule has 22 heteroatoms. The van der Waals surface area contributed by atoms with Gasteiger partial charge in [-0.1, -0.05) is 25.7 Å². The molecule has 6 fully saturated rings. The molecule has 4 heterocycles. The Kier molecular flexibility index (Phi) is 15.1. The fourth-order valence-electron chi connectivity index (χ4n) is 10.5. The number of halogens is 12. The number of nitrogens with zero attached hydrogens (tertiary/aromatic N) is 4. The molecular formula is C40H70F12N4O4P2. The van der Waals surface area contributed by atoms with Crippen molar-refractivity contribution in [2.24, 2.45) is 0 Å². The van der Waals surface area contributed by atoms with Gasteiger partial charge in [-0.2, -0.15) is 0 Å². The van der Waals surface area contributed by atoms with Crippen LogP contribution in [0.5, 0.6) is 0 Å². The number of hydrogen-bond donors (Lipinski definition) is 0. The third-order valence-electron chi connectivity index (χ3n) is 12.9. The third kappa shape index (κ3) is 20.1. The van der Waals surface area contributed by atoms with Crippen molar-refractivity contribution in [3.8, 4) is 0 Å². The van der Waals surface area contributed by atoms with Gasteiger partial charge in [0.15, 0.2) is 11.6 Å². The van der Waals surface area contributed by atoms with Gasteiger partial charge in [-0.15, -0.1) is 0 Å². The Morgan fingerprint density at radius 1 is 0.403 bits per heavy atom. The molecular weight excluding hydrogens is 890 g/mol. The maximum atomic E-state index is 9.87. The van der Waals surface area contributed by atoms with Crippen LogP contribution in [0.3, 0.4) is 0 Å². The van der Waals surface area contributed by atoms with E-state index in [9.17, 15) is 50.4 Å². The predicted octanol–water partition coefficient (Wildman–Crippen LogP) is 13.8. The summed E-state index contributed by atoms with van der Waals surface area (Å²) in [6.45, 7) is 12.3. The summed E-state index contributed by atoms with van der Waals surface area (Å²) in [5, 5.41) is 0. The Bertz CT molecular complexity index is 1410. The van der Waals surface area contributed by atoms with Gasteiger partial charge < -0.3 is 18.9 Å².